The molecule has 3 rings (SSSR count). The molecule has 0 aliphatic heterocycles. The van der Waals surface area contributed by atoms with Crippen LogP contribution in [0.3, 0.4) is 0 Å². The number of halogens is 1. The van der Waals surface area contributed by atoms with Gasteiger partial charge in [0.25, 0.3) is 5.89 Å². The lowest BCUT2D eigenvalue weighted by atomic mass is 10.2. The van der Waals surface area contributed by atoms with Gasteiger partial charge in [-0.2, -0.15) is 4.98 Å². The van der Waals surface area contributed by atoms with E-state index in [2.05, 4.69) is 39.7 Å². The summed E-state index contributed by atoms with van der Waals surface area (Å²) in [6.07, 6.45) is 1.12. The molecule has 2 aromatic rings. The van der Waals surface area contributed by atoms with E-state index in [0.29, 0.717) is 23.3 Å². The molecule has 1 aromatic carbocycles. The number of hydrogen-bond donors (Lipinski definition) is 1. The topological polar surface area (TPSA) is 59.2 Å². The molecule has 5 heteroatoms. The Morgan fingerprint density at radius 2 is 2.24 bits per heavy atom. The van der Waals surface area contributed by atoms with Gasteiger partial charge in [0.15, 0.2) is 5.82 Å². The average Bonchev–Trinajstić information content (AvgIpc) is 2.85. The third-order valence-electron chi connectivity index (χ3n) is 3.07. The summed E-state index contributed by atoms with van der Waals surface area (Å²) in [5.41, 5.74) is 0.601. The van der Waals surface area contributed by atoms with Gasteiger partial charge in [-0.25, -0.2) is 0 Å². The van der Waals surface area contributed by atoms with Gasteiger partial charge in [-0.3, -0.25) is 0 Å². The fourth-order valence-corrected chi connectivity index (χ4v) is 2.35. The van der Waals surface area contributed by atoms with E-state index in [1.54, 1.807) is 6.07 Å². The van der Waals surface area contributed by atoms with Crippen LogP contribution in [-0.4, -0.2) is 15.2 Å². The predicted octanol–water partition coefficient (Wildman–Crippen LogP) is 3.17. The van der Waals surface area contributed by atoms with Crippen LogP contribution in [0.25, 0.3) is 11.5 Å². The van der Waals surface area contributed by atoms with E-state index in [0.717, 1.165) is 15.8 Å². The molecule has 1 aliphatic carbocycles. The molecule has 0 radical (unpaired) electrons. The third-order valence-corrected chi connectivity index (χ3v) is 3.74. The number of aromatic hydroxyl groups is 1. The highest BCUT2D eigenvalue weighted by Gasteiger charge is 2.38. The van der Waals surface area contributed by atoms with Crippen LogP contribution in [0.15, 0.2) is 22.7 Å². The average molecular weight is 342 g/mol. The Morgan fingerprint density at radius 3 is 2.94 bits per heavy atom. The zero-order chi connectivity index (χ0) is 12.0. The molecule has 4 nitrogen and oxygen atoms in total. The van der Waals surface area contributed by atoms with Crippen LogP contribution >= 0.6 is 22.6 Å². The smallest absolute Gasteiger partial charge is 0.261 e. The van der Waals surface area contributed by atoms with Gasteiger partial charge in [0.2, 0.25) is 0 Å². The number of nitrogens with zero attached hydrogens (tertiary/aromatic N) is 2. The molecule has 0 amide bonds. The maximum atomic E-state index is 9.77. The van der Waals surface area contributed by atoms with Crippen LogP contribution in [-0.2, 0) is 0 Å². The van der Waals surface area contributed by atoms with Gasteiger partial charge in [-0.05, 0) is 53.1 Å². The lowest BCUT2D eigenvalue weighted by Gasteiger charge is -1.99. The number of aromatic nitrogens is 2. The van der Waals surface area contributed by atoms with Gasteiger partial charge < -0.3 is 9.63 Å². The van der Waals surface area contributed by atoms with E-state index in [9.17, 15) is 5.11 Å². The zero-order valence-corrected chi connectivity index (χ0v) is 11.4. The van der Waals surface area contributed by atoms with Crippen molar-refractivity contribution in [3.05, 3.63) is 27.6 Å². The van der Waals surface area contributed by atoms with E-state index in [1.807, 2.05) is 12.1 Å². The first-order chi connectivity index (χ1) is 8.15. The van der Waals surface area contributed by atoms with Crippen LogP contribution in [0, 0.1) is 9.49 Å². The third kappa shape index (κ3) is 2.03. The number of benzene rings is 1. The molecular formula is C12H11IN2O2. The maximum Gasteiger partial charge on any atom is 0.261 e. The molecule has 0 bridgehead atoms. The van der Waals surface area contributed by atoms with Crippen LogP contribution in [0.5, 0.6) is 5.75 Å². The number of hydrogen-bond acceptors (Lipinski definition) is 4. The van der Waals surface area contributed by atoms with Crippen molar-refractivity contribution in [1.29, 1.82) is 0 Å². The minimum absolute atomic E-state index is 0.171. The zero-order valence-electron chi connectivity index (χ0n) is 9.22. The summed E-state index contributed by atoms with van der Waals surface area (Å²) in [4.78, 5) is 4.35. The van der Waals surface area contributed by atoms with E-state index >= 15 is 0 Å². The Morgan fingerprint density at radius 1 is 1.47 bits per heavy atom. The normalized spacial score (nSPS) is 22.7. The monoisotopic (exact) mass is 342 g/mol. The molecule has 1 heterocycles. The second-order valence-corrected chi connectivity index (χ2v) is 5.68. The highest BCUT2D eigenvalue weighted by Crippen LogP contribution is 2.46. The summed E-state index contributed by atoms with van der Waals surface area (Å²) >= 11 is 2.18. The van der Waals surface area contributed by atoms with Crippen molar-refractivity contribution in [2.45, 2.75) is 19.3 Å². The number of phenols is 1. The fraction of sp³-hybridized carbons (Fsp3) is 0.333. The Kier molecular flexibility index (Phi) is 2.57. The van der Waals surface area contributed by atoms with Crippen molar-refractivity contribution in [1.82, 2.24) is 10.1 Å². The Labute approximate surface area is 112 Å². The molecule has 1 fully saturated rings. The summed E-state index contributed by atoms with van der Waals surface area (Å²) in [6, 6.07) is 5.31. The standard InChI is InChI=1S/C12H11IN2O2/c1-6-4-8(6)11-14-12(17-15-11)9-5-7(13)2-3-10(9)16/h2-3,5-6,8,16H,4H2,1H3. The summed E-state index contributed by atoms with van der Waals surface area (Å²) in [6.45, 7) is 2.17. The molecule has 1 N–H and O–H groups in total. The van der Waals surface area contributed by atoms with E-state index < -0.39 is 0 Å². The minimum atomic E-state index is 0.171. The number of rotatable bonds is 2. The van der Waals surface area contributed by atoms with Crippen LogP contribution in [0.2, 0.25) is 0 Å². The number of phenolic OH excluding ortho intramolecular Hbond substituents is 1. The van der Waals surface area contributed by atoms with Crippen molar-refractivity contribution >= 4 is 22.6 Å². The van der Waals surface area contributed by atoms with Crippen molar-refractivity contribution in [2.24, 2.45) is 5.92 Å². The summed E-state index contributed by atoms with van der Waals surface area (Å²) < 4.78 is 6.23. The molecule has 2 atom stereocenters. The second kappa shape index (κ2) is 3.97. The van der Waals surface area contributed by atoms with Crippen LogP contribution in [0.1, 0.15) is 25.1 Å². The van der Waals surface area contributed by atoms with E-state index in [1.165, 1.54) is 0 Å². The summed E-state index contributed by atoms with van der Waals surface area (Å²) in [7, 11) is 0. The van der Waals surface area contributed by atoms with Gasteiger partial charge >= 0.3 is 0 Å². The van der Waals surface area contributed by atoms with E-state index in [4.69, 9.17) is 4.52 Å². The Bertz CT molecular complexity index is 567. The predicted molar refractivity (Wildman–Crippen MR) is 70.6 cm³/mol. The molecule has 17 heavy (non-hydrogen) atoms. The van der Waals surface area contributed by atoms with Crippen molar-refractivity contribution < 1.29 is 9.63 Å². The van der Waals surface area contributed by atoms with Crippen molar-refractivity contribution in [3.8, 4) is 17.2 Å². The Hall–Kier alpha value is -1.11. The van der Waals surface area contributed by atoms with Gasteiger partial charge in [0, 0.05) is 9.49 Å². The minimum Gasteiger partial charge on any atom is -0.507 e. The SMILES string of the molecule is CC1CC1c1noc(-c2cc(I)ccc2O)n1. The van der Waals surface area contributed by atoms with Gasteiger partial charge in [-0.15, -0.1) is 0 Å². The first-order valence-electron chi connectivity index (χ1n) is 5.47. The molecule has 2 unspecified atom stereocenters. The second-order valence-electron chi connectivity index (χ2n) is 4.44. The molecule has 0 saturated heterocycles. The molecule has 1 saturated carbocycles. The largest absolute Gasteiger partial charge is 0.507 e. The quantitative estimate of drug-likeness (QED) is 0.852. The highest BCUT2D eigenvalue weighted by atomic mass is 127. The Balaban J connectivity index is 1.98. The van der Waals surface area contributed by atoms with Gasteiger partial charge in [0.1, 0.15) is 5.75 Å². The molecule has 1 aliphatic rings. The molecule has 0 spiro atoms. The summed E-state index contributed by atoms with van der Waals surface area (Å²) in [5, 5.41) is 13.7. The first-order valence-corrected chi connectivity index (χ1v) is 6.55. The first kappa shape index (κ1) is 11.0. The van der Waals surface area contributed by atoms with Crippen LogP contribution in [0.4, 0.5) is 0 Å². The molecule has 1 aromatic heterocycles. The molecular weight excluding hydrogens is 331 g/mol. The lowest BCUT2D eigenvalue weighted by molar-refractivity contribution is 0.417. The van der Waals surface area contributed by atoms with Gasteiger partial charge in [0.05, 0.1) is 5.56 Å². The van der Waals surface area contributed by atoms with Crippen LogP contribution < -0.4 is 0 Å². The highest BCUT2D eigenvalue weighted by molar-refractivity contribution is 14.1. The fourth-order valence-electron chi connectivity index (χ4n) is 1.86. The van der Waals surface area contributed by atoms with Crippen molar-refractivity contribution in [2.75, 3.05) is 0 Å². The van der Waals surface area contributed by atoms with Crippen molar-refractivity contribution in [3.63, 3.8) is 0 Å². The molecule has 88 valence electrons. The lowest BCUT2D eigenvalue weighted by Crippen LogP contribution is -1.85. The van der Waals surface area contributed by atoms with Gasteiger partial charge in [-0.1, -0.05) is 12.1 Å². The maximum absolute atomic E-state index is 9.77. The summed E-state index contributed by atoms with van der Waals surface area (Å²) in [5.74, 6) is 2.40. The van der Waals surface area contributed by atoms with E-state index in [-0.39, 0.29) is 5.75 Å².